The second-order valence-electron chi connectivity index (χ2n) is 6.42. The Kier molecular flexibility index (Phi) is 8.69. The Balaban J connectivity index is 2.36. The van der Waals surface area contributed by atoms with Gasteiger partial charge in [-0.1, -0.05) is 55.9 Å². The van der Waals surface area contributed by atoms with E-state index in [0.29, 0.717) is 19.4 Å². The van der Waals surface area contributed by atoms with Gasteiger partial charge >= 0.3 is 0 Å². The molecule has 23 heavy (non-hydrogen) atoms. The number of aliphatic hydroxyl groups excluding tert-OH is 1. The van der Waals surface area contributed by atoms with Crippen molar-refractivity contribution < 1.29 is 14.6 Å². The Morgan fingerprint density at radius 1 is 1.22 bits per heavy atom. The molecule has 2 atom stereocenters. The molecule has 0 aromatic heterocycles. The molecule has 1 N–H and O–H groups in total. The second kappa shape index (κ2) is 10.3. The Hall–Kier alpha value is -1.56. The summed E-state index contributed by atoms with van der Waals surface area (Å²) in [5.74, 6) is 5.48. The van der Waals surface area contributed by atoms with Crippen molar-refractivity contribution in [2.75, 3.05) is 6.79 Å². The van der Waals surface area contributed by atoms with Gasteiger partial charge in [0.1, 0.15) is 21.0 Å². The Morgan fingerprint density at radius 3 is 2.52 bits per heavy atom. The van der Waals surface area contributed by atoms with Crippen LogP contribution in [0.5, 0.6) is 0 Å². The number of rotatable bonds is 8. The molecule has 0 aliphatic rings. The van der Waals surface area contributed by atoms with Crippen molar-refractivity contribution in [1.82, 2.24) is 0 Å². The molecule has 0 amide bonds. The van der Waals surface area contributed by atoms with Crippen LogP contribution in [-0.2, 0) is 16.1 Å². The molecule has 0 radical (unpaired) electrons. The van der Waals surface area contributed by atoms with E-state index in [4.69, 9.17) is 15.9 Å². The van der Waals surface area contributed by atoms with Crippen LogP contribution in [0.15, 0.2) is 30.3 Å². The summed E-state index contributed by atoms with van der Waals surface area (Å²) < 4.78 is 11.1. The smallest absolute Gasteiger partial charge is 0.147 e. The molecule has 0 fully saturated rings. The third-order valence-corrected chi connectivity index (χ3v) is 3.84. The van der Waals surface area contributed by atoms with Crippen LogP contribution in [0.4, 0.5) is 0 Å². The first kappa shape index (κ1) is 19.5. The average molecular weight is 330 g/mol. The minimum Gasteiger partial charge on any atom is -0.380 e. The standard InChI is InChI=1S/C19H26O3Si/c1-5-9-19(14-18(20)12-13-23(2,3)4)22-16-21-15-17-10-7-6-8-11-17/h1,6-8,10-11,18-20H,9,14-16H2,2-4H3/t18-,19+/m0/s1. The van der Waals surface area contributed by atoms with Gasteiger partial charge in [-0.05, 0) is 5.56 Å². The van der Waals surface area contributed by atoms with Gasteiger partial charge in [-0.25, -0.2) is 0 Å². The van der Waals surface area contributed by atoms with Gasteiger partial charge in [0.25, 0.3) is 0 Å². The normalized spacial score (nSPS) is 13.5. The number of terminal acetylenes is 1. The van der Waals surface area contributed by atoms with E-state index in [1.807, 2.05) is 30.3 Å². The highest BCUT2D eigenvalue weighted by Crippen LogP contribution is 2.09. The molecule has 4 heteroatoms. The van der Waals surface area contributed by atoms with Crippen LogP contribution in [0.25, 0.3) is 0 Å². The van der Waals surface area contributed by atoms with Crippen molar-refractivity contribution in [2.45, 2.75) is 51.3 Å². The molecule has 0 aliphatic carbocycles. The number of hydrogen-bond donors (Lipinski definition) is 1. The molecule has 0 saturated carbocycles. The van der Waals surface area contributed by atoms with Crippen molar-refractivity contribution in [3.8, 4) is 23.8 Å². The Morgan fingerprint density at radius 2 is 1.91 bits per heavy atom. The predicted octanol–water partition coefficient (Wildman–Crippen LogP) is 3.20. The summed E-state index contributed by atoms with van der Waals surface area (Å²) in [5, 5.41) is 10.0. The van der Waals surface area contributed by atoms with Crippen LogP contribution in [0.3, 0.4) is 0 Å². The summed E-state index contributed by atoms with van der Waals surface area (Å²) in [7, 11) is -1.49. The van der Waals surface area contributed by atoms with E-state index in [9.17, 15) is 5.11 Å². The molecule has 0 spiro atoms. The number of hydrogen-bond acceptors (Lipinski definition) is 3. The minimum atomic E-state index is -1.49. The summed E-state index contributed by atoms with van der Waals surface area (Å²) in [6.07, 6.45) is 5.23. The lowest BCUT2D eigenvalue weighted by Crippen LogP contribution is -2.22. The number of benzene rings is 1. The lowest BCUT2D eigenvalue weighted by molar-refractivity contribution is -0.101. The average Bonchev–Trinajstić information content (AvgIpc) is 2.50. The van der Waals surface area contributed by atoms with E-state index in [-0.39, 0.29) is 12.9 Å². The maximum absolute atomic E-state index is 10.0. The first-order valence-corrected chi connectivity index (χ1v) is 11.3. The van der Waals surface area contributed by atoms with Gasteiger partial charge in [0.05, 0.1) is 12.7 Å². The zero-order chi connectivity index (χ0) is 17.1. The number of ether oxygens (including phenoxy) is 2. The molecule has 0 saturated heterocycles. The second-order valence-corrected chi connectivity index (χ2v) is 11.2. The Bertz CT molecular complexity index is 546. The van der Waals surface area contributed by atoms with Gasteiger partial charge in [0.2, 0.25) is 0 Å². The van der Waals surface area contributed by atoms with Gasteiger partial charge < -0.3 is 14.6 Å². The van der Waals surface area contributed by atoms with E-state index in [2.05, 4.69) is 37.0 Å². The maximum atomic E-state index is 10.0. The summed E-state index contributed by atoms with van der Waals surface area (Å²) in [4.78, 5) is 0. The Labute approximate surface area is 141 Å². The highest BCUT2D eigenvalue weighted by atomic mass is 28.3. The van der Waals surface area contributed by atoms with Crippen LogP contribution in [0, 0.1) is 23.8 Å². The molecule has 1 rings (SSSR count). The van der Waals surface area contributed by atoms with Crippen molar-refractivity contribution in [1.29, 1.82) is 0 Å². The quantitative estimate of drug-likeness (QED) is 0.344. The van der Waals surface area contributed by atoms with Crippen LogP contribution in [-0.4, -0.2) is 32.2 Å². The fourth-order valence-electron chi connectivity index (χ4n) is 1.83. The van der Waals surface area contributed by atoms with E-state index in [1.54, 1.807) is 0 Å². The molecular formula is C19H26O3Si. The van der Waals surface area contributed by atoms with Crippen LogP contribution < -0.4 is 0 Å². The summed E-state index contributed by atoms with van der Waals surface area (Å²) in [6.45, 7) is 7.05. The summed E-state index contributed by atoms with van der Waals surface area (Å²) in [6, 6.07) is 9.89. The third kappa shape index (κ3) is 9.94. The van der Waals surface area contributed by atoms with Gasteiger partial charge in [0.15, 0.2) is 0 Å². The molecule has 3 nitrogen and oxygen atoms in total. The van der Waals surface area contributed by atoms with E-state index >= 15 is 0 Å². The van der Waals surface area contributed by atoms with Crippen molar-refractivity contribution >= 4 is 8.07 Å². The fraction of sp³-hybridized carbons (Fsp3) is 0.474. The zero-order valence-electron chi connectivity index (χ0n) is 14.2. The predicted molar refractivity (Wildman–Crippen MR) is 96.2 cm³/mol. The van der Waals surface area contributed by atoms with Crippen molar-refractivity contribution in [3.05, 3.63) is 35.9 Å². The summed E-state index contributed by atoms with van der Waals surface area (Å²) >= 11 is 0. The van der Waals surface area contributed by atoms with E-state index < -0.39 is 14.2 Å². The highest BCUT2D eigenvalue weighted by molar-refractivity contribution is 6.83. The van der Waals surface area contributed by atoms with Gasteiger partial charge in [-0.3, -0.25) is 0 Å². The molecule has 0 bridgehead atoms. The fourth-order valence-corrected chi connectivity index (χ4v) is 2.43. The maximum Gasteiger partial charge on any atom is 0.147 e. The molecule has 1 aromatic carbocycles. The van der Waals surface area contributed by atoms with Crippen molar-refractivity contribution in [3.63, 3.8) is 0 Å². The lowest BCUT2D eigenvalue weighted by Gasteiger charge is -2.17. The first-order chi connectivity index (χ1) is 10.9. The third-order valence-electron chi connectivity index (χ3n) is 2.94. The monoisotopic (exact) mass is 330 g/mol. The molecule has 124 valence electrons. The lowest BCUT2D eigenvalue weighted by atomic mass is 10.1. The van der Waals surface area contributed by atoms with Crippen molar-refractivity contribution in [2.24, 2.45) is 0 Å². The molecule has 0 aliphatic heterocycles. The SMILES string of the molecule is C#CC[C@H](C[C@@H](O)C#C[Si](C)(C)C)OCOCc1ccccc1. The van der Waals surface area contributed by atoms with Crippen LogP contribution >= 0.6 is 0 Å². The van der Waals surface area contributed by atoms with E-state index in [0.717, 1.165) is 5.56 Å². The van der Waals surface area contributed by atoms with Crippen LogP contribution in [0.2, 0.25) is 19.6 Å². The zero-order valence-corrected chi connectivity index (χ0v) is 15.2. The largest absolute Gasteiger partial charge is 0.380 e. The highest BCUT2D eigenvalue weighted by Gasteiger charge is 2.14. The van der Waals surface area contributed by atoms with Gasteiger partial charge in [0, 0.05) is 12.8 Å². The van der Waals surface area contributed by atoms with Gasteiger partial charge in [-0.2, -0.15) is 0 Å². The summed E-state index contributed by atoms with van der Waals surface area (Å²) in [5.41, 5.74) is 4.25. The number of aliphatic hydroxyl groups is 1. The minimum absolute atomic E-state index is 0.148. The van der Waals surface area contributed by atoms with Crippen LogP contribution in [0.1, 0.15) is 18.4 Å². The van der Waals surface area contributed by atoms with Gasteiger partial charge in [-0.15, -0.1) is 17.9 Å². The first-order valence-electron chi connectivity index (χ1n) is 7.78. The molecule has 1 aromatic rings. The molecule has 0 unspecified atom stereocenters. The molecule has 0 heterocycles. The van der Waals surface area contributed by atoms with E-state index in [1.165, 1.54) is 0 Å². The topological polar surface area (TPSA) is 38.7 Å². The molecular weight excluding hydrogens is 304 g/mol.